The van der Waals surface area contributed by atoms with Gasteiger partial charge in [-0.3, -0.25) is 4.57 Å². The fraction of sp³-hybridized carbons (Fsp3) is 0.444. The van der Waals surface area contributed by atoms with E-state index in [0.717, 1.165) is 0 Å². The molecule has 2 N–H and O–H groups in total. The molecule has 0 unspecified atom stereocenters. The number of carbonyl (C=O) groups is 1. The Hall–Kier alpha value is -1.74. The molecular formula is C9H11N3O5S. The Balaban J connectivity index is 2.04. The summed E-state index contributed by atoms with van der Waals surface area (Å²) >= 11 is 1.24. The van der Waals surface area contributed by atoms with Gasteiger partial charge >= 0.3 is 11.8 Å². The number of hydrogen-bond donors (Lipinski definition) is 1. The Morgan fingerprint density at radius 1 is 1.72 bits per heavy atom. The fourth-order valence-electron chi connectivity index (χ4n) is 1.35. The van der Waals surface area contributed by atoms with Crippen molar-refractivity contribution in [3.63, 3.8) is 0 Å². The quantitative estimate of drug-likeness (QED) is 0.759. The molecule has 0 bridgehead atoms. The summed E-state index contributed by atoms with van der Waals surface area (Å²) in [5.74, 6) is 0.594. The van der Waals surface area contributed by atoms with Crippen LogP contribution in [-0.2, 0) is 14.2 Å². The second-order valence-electron chi connectivity index (χ2n) is 3.33. The molecule has 2 heterocycles. The summed E-state index contributed by atoms with van der Waals surface area (Å²) in [4.78, 5) is 26.0. The molecule has 1 aliphatic rings. The van der Waals surface area contributed by atoms with E-state index >= 15 is 0 Å². The van der Waals surface area contributed by atoms with Crippen molar-refractivity contribution in [2.45, 2.75) is 11.8 Å². The Kier molecular flexibility index (Phi) is 3.72. The molecule has 1 aromatic rings. The van der Waals surface area contributed by atoms with Crippen molar-refractivity contribution in [1.82, 2.24) is 9.55 Å². The van der Waals surface area contributed by atoms with E-state index in [1.165, 1.54) is 35.7 Å². The number of nitrogens with zero attached hydrogens (tertiary/aromatic N) is 2. The minimum Gasteiger partial charge on any atom is -0.438 e. The zero-order valence-electron chi connectivity index (χ0n) is 9.44. The van der Waals surface area contributed by atoms with Crippen LogP contribution in [0.4, 0.5) is 10.6 Å². The molecule has 98 valence electrons. The standard InChI is InChI=1S/C9H11N3O5S/c1-15-8(14)17-9-16-6(4-18-9)12-3-2-5(10)11-7(12)13/h2-3,6,9H,4H2,1H3,(H2,10,11,13)/t6-,9-/m0/s1. The number of methoxy groups -OCH3 is 1. The van der Waals surface area contributed by atoms with E-state index in [1.54, 1.807) is 0 Å². The molecule has 1 fully saturated rings. The lowest BCUT2D eigenvalue weighted by molar-refractivity contribution is -0.102. The lowest BCUT2D eigenvalue weighted by Crippen LogP contribution is -2.28. The fourth-order valence-corrected chi connectivity index (χ4v) is 2.26. The molecular weight excluding hydrogens is 262 g/mol. The molecule has 0 radical (unpaired) electrons. The summed E-state index contributed by atoms with van der Waals surface area (Å²) in [6.45, 7) is 0. The summed E-state index contributed by atoms with van der Waals surface area (Å²) in [5, 5.41) is 0. The van der Waals surface area contributed by atoms with Gasteiger partial charge in [-0.15, -0.1) is 0 Å². The summed E-state index contributed by atoms with van der Waals surface area (Å²) in [6.07, 6.45) is 0.0948. The molecule has 1 aromatic heterocycles. The average molecular weight is 273 g/mol. The number of rotatable bonds is 2. The molecule has 9 heteroatoms. The average Bonchev–Trinajstić information content (AvgIpc) is 2.77. The minimum atomic E-state index is -0.837. The number of nitrogen functional groups attached to an aromatic ring is 1. The smallest absolute Gasteiger partial charge is 0.438 e. The molecule has 18 heavy (non-hydrogen) atoms. The maximum atomic E-state index is 11.6. The molecule has 0 aliphatic carbocycles. The maximum absolute atomic E-state index is 11.6. The highest BCUT2D eigenvalue weighted by Gasteiger charge is 2.31. The van der Waals surface area contributed by atoms with Crippen LogP contribution in [0.25, 0.3) is 0 Å². The Morgan fingerprint density at radius 3 is 3.17 bits per heavy atom. The van der Waals surface area contributed by atoms with Crippen molar-refractivity contribution in [2.75, 3.05) is 18.6 Å². The van der Waals surface area contributed by atoms with Crippen LogP contribution in [0.3, 0.4) is 0 Å². The van der Waals surface area contributed by atoms with Crippen molar-refractivity contribution in [2.24, 2.45) is 0 Å². The van der Waals surface area contributed by atoms with E-state index in [1.807, 2.05) is 0 Å². The van der Waals surface area contributed by atoms with E-state index in [-0.39, 0.29) is 5.82 Å². The van der Waals surface area contributed by atoms with Gasteiger partial charge in [0.15, 0.2) is 6.23 Å². The van der Waals surface area contributed by atoms with Gasteiger partial charge in [0.1, 0.15) is 5.82 Å². The first-order chi connectivity index (χ1) is 8.60. The van der Waals surface area contributed by atoms with Gasteiger partial charge in [0, 0.05) is 11.9 Å². The number of carbonyl (C=O) groups excluding carboxylic acids is 1. The highest BCUT2D eigenvalue weighted by Crippen LogP contribution is 2.31. The molecule has 2 rings (SSSR count). The highest BCUT2D eigenvalue weighted by atomic mass is 32.2. The molecule has 0 spiro atoms. The Labute approximate surface area is 106 Å². The molecule has 1 saturated heterocycles. The van der Waals surface area contributed by atoms with Crippen LogP contribution in [0.2, 0.25) is 0 Å². The Bertz CT molecular complexity index is 505. The lowest BCUT2D eigenvalue weighted by Gasteiger charge is -2.14. The second kappa shape index (κ2) is 5.27. The van der Waals surface area contributed by atoms with Crippen molar-refractivity contribution in [3.8, 4) is 0 Å². The predicted molar refractivity (Wildman–Crippen MR) is 62.8 cm³/mol. The normalized spacial score (nSPS) is 22.7. The molecule has 2 atom stereocenters. The van der Waals surface area contributed by atoms with Gasteiger partial charge in [-0.1, -0.05) is 11.8 Å². The predicted octanol–water partition coefficient (Wildman–Crippen LogP) is 0.154. The first-order valence-corrected chi connectivity index (χ1v) is 6.01. The van der Waals surface area contributed by atoms with Crippen LogP contribution >= 0.6 is 11.8 Å². The summed E-state index contributed by atoms with van der Waals surface area (Å²) < 4.78 is 15.8. The third-order valence-electron chi connectivity index (χ3n) is 2.16. The van der Waals surface area contributed by atoms with Gasteiger partial charge in [-0.05, 0) is 6.07 Å². The largest absolute Gasteiger partial charge is 0.510 e. The van der Waals surface area contributed by atoms with Crippen molar-refractivity contribution in [1.29, 1.82) is 0 Å². The van der Waals surface area contributed by atoms with E-state index in [2.05, 4.69) is 9.72 Å². The van der Waals surface area contributed by atoms with E-state index in [0.29, 0.717) is 5.75 Å². The lowest BCUT2D eigenvalue weighted by atomic mass is 10.5. The van der Waals surface area contributed by atoms with E-state index in [4.69, 9.17) is 15.2 Å². The van der Waals surface area contributed by atoms with Crippen LogP contribution < -0.4 is 11.4 Å². The van der Waals surface area contributed by atoms with Gasteiger partial charge in [0.25, 0.3) is 5.62 Å². The molecule has 0 aromatic carbocycles. The monoisotopic (exact) mass is 273 g/mol. The molecule has 0 saturated carbocycles. The summed E-state index contributed by atoms with van der Waals surface area (Å²) in [7, 11) is 1.20. The topological polar surface area (TPSA) is 106 Å². The van der Waals surface area contributed by atoms with E-state index in [9.17, 15) is 9.59 Å². The summed E-state index contributed by atoms with van der Waals surface area (Å²) in [6, 6.07) is 1.49. The van der Waals surface area contributed by atoms with Gasteiger partial charge in [-0.25, -0.2) is 9.59 Å². The number of aromatic nitrogens is 2. The van der Waals surface area contributed by atoms with Crippen LogP contribution in [-0.4, -0.2) is 34.2 Å². The maximum Gasteiger partial charge on any atom is 0.510 e. The summed E-state index contributed by atoms with van der Waals surface area (Å²) in [5.41, 5.74) is 4.07. The molecule has 1 aliphatic heterocycles. The Morgan fingerprint density at radius 2 is 2.50 bits per heavy atom. The molecule has 8 nitrogen and oxygen atoms in total. The van der Waals surface area contributed by atoms with Gasteiger partial charge < -0.3 is 19.9 Å². The number of anilines is 1. The van der Waals surface area contributed by atoms with E-state index < -0.39 is 23.7 Å². The van der Waals surface area contributed by atoms with Crippen LogP contribution in [0.15, 0.2) is 17.1 Å². The number of nitrogens with two attached hydrogens (primary N) is 1. The highest BCUT2D eigenvalue weighted by molar-refractivity contribution is 7.99. The van der Waals surface area contributed by atoms with Crippen molar-refractivity contribution >= 4 is 23.7 Å². The van der Waals surface area contributed by atoms with Crippen LogP contribution in [0.1, 0.15) is 6.23 Å². The number of hydrogen-bond acceptors (Lipinski definition) is 8. The molecule has 0 amide bonds. The third kappa shape index (κ3) is 2.74. The zero-order valence-corrected chi connectivity index (χ0v) is 10.3. The van der Waals surface area contributed by atoms with Gasteiger partial charge in [0.05, 0.1) is 7.11 Å². The van der Waals surface area contributed by atoms with Gasteiger partial charge in [0.2, 0.25) is 0 Å². The first-order valence-electron chi connectivity index (χ1n) is 4.96. The van der Waals surface area contributed by atoms with Crippen molar-refractivity contribution in [3.05, 3.63) is 22.7 Å². The number of ether oxygens (including phenoxy) is 3. The van der Waals surface area contributed by atoms with Gasteiger partial charge in [-0.2, -0.15) is 4.98 Å². The zero-order chi connectivity index (χ0) is 13.1. The first kappa shape index (κ1) is 12.7. The minimum absolute atomic E-state index is 0.143. The van der Waals surface area contributed by atoms with Crippen molar-refractivity contribution < 1.29 is 19.0 Å². The van der Waals surface area contributed by atoms with Crippen LogP contribution in [0.5, 0.6) is 0 Å². The SMILES string of the molecule is COC(=O)O[C@@H]1O[C@H](n2ccc(N)nc2=O)CS1. The number of thioether (sulfide) groups is 1. The van der Waals surface area contributed by atoms with Crippen LogP contribution in [0, 0.1) is 0 Å². The second-order valence-corrected chi connectivity index (χ2v) is 4.38. The third-order valence-corrected chi connectivity index (χ3v) is 3.12.